The number of allylic oxidation sites excluding steroid dienone is 2. The number of nitrogens with zero attached hydrogens (tertiary/aromatic N) is 4. The summed E-state index contributed by atoms with van der Waals surface area (Å²) in [5.74, 6) is 0. The highest BCUT2D eigenvalue weighted by molar-refractivity contribution is 5.82. The summed E-state index contributed by atoms with van der Waals surface area (Å²) in [5, 5.41) is 12.6. The summed E-state index contributed by atoms with van der Waals surface area (Å²) in [4.78, 5) is 9.37. The molecule has 0 amide bonds. The summed E-state index contributed by atoms with van der Waals surface area (Å²) in [7, 11) is 0. The Labute approximate surface area is 303 Å². The average Bonchev–Trinajstić information content (AvgIpc) is 3.16. The van der Waals surface area contributed by atoms with Crippen molar-refractivity contribution in [3.8, 4) is 0 Å². The standard InChI is InChI=1S/C45H60N4O/c1-9-46(10-2)40-27-19-36(20-28-40)44(37-21-29-41(30-22-37)47(11-3)12-4)18-17-35-45(50,38-23-31-42(32-24-38)48(13-5)14-6)39-25-33-43(34-26-39)49(15-7)16-8/h17-35,50H,9-16H2,1-8H3. The van der Waals surface area contributed by atoms with Gasteiger partial charge in [0.05, 0.1) is 0 Å². The third-order valence-electron chi connectivity index (χ3n) is 10.1. The molecule has 0 aliphatic rings. The predicted octanol–water partition coefficient (Wildman–Crippen LogP) is 10.00. The first-order valence-corrected chi connectivity index (χ1v) is 18.8. The molecule has 0 bridgehead atoms. The van der Waals surface area contributed by atoms with Gasteiger partial charge in [0.15, 0.2) is 0 Å². The zero-order chi connectivity index (χ0) is 36.1. The molecule has 0 aliphatic carbocycles. The van der Waals surface area contributed by atoms with Gasteiger partial charge in [0.1, 0.15) is 5.60 Å². The smallest absolute Gasteiger partial charge is 0.133 e. The molecule has 0 radical (unpaired) electrons. The first-order valence-electron chi connectivity index (χ1n) is 18.8. The second-order valence-electron chi connectivity index (χ2n) is 12.6. The van der Waals surface area contributed by atoms with Crippen LogP contribution in [0.15, 0.2) is 115 Å². The summed E-state index contributed by atoms with van der Waals surface area (Å²) in [5.41, 5.74) is 8.48. The van der Waals surface area contributed by atoms with Gasteiger partial charge >= 0.3 is 0 Å². The summed E-state index contributed by atoms with van der Waals surface area (Å²) in [6.07, 6.45) is 6.13. The van der Waals surface area contributed by atoms with Gasteiger partial charge in [0.25, 0.3) is 0 Å². The van der Waals surface area contributed by atoms with E-state index in [0.717, 1.165) is 91.6 Å². The van der Waals surface area contributed by atoms with Crippen molar-refractivity contribution in [2.75, 3.05) is 72.0 Å². The second-order valence-corrected chi connectivity index (χ2v) is 12.6. The van der Waals surface area contributed by atoms with Gasteiger partial charge in [-0.2, -0.15) is 0 Å². The lowest BCUT2D eigenvalue weighted by Gasteiger charge is -2.29. The van der Waals surface area contributed by atoms with E-state index in [2.05, 4.69) is 178 Å². The summed E-state index contributed by atoms with van der Waals surface area (Å²) in [6, 6.07) is 34.5. The fourth-order valence-electron chi connectivity index (χ4n) is 6.91. The Kier molecular flexibility index (Phi) is 14.2. The Morgan fingerprint density at radius 2 is 0.700 bits per heavy atom. The van der Waals surface area contributed by atoms with Crippen molar-refractivity contribution in [3.63, 3.8) is 0 Å². The molecule has 4 aromatic carbocycles. The van der Waals surface area contributed by atoms with Crippen molar-refractivity contribution < 1.29 is 5.11 Å². The molecule has 5 heteroatoms. The zero-order valence-corrected chi connectivity index (χ0v) is 31.9. The monoisotopic (exact) mass is 672 g/mol. The maximum atomic E-state index is 12.6. The molecule has 4 aromatic rings. The molecular formula is C45H60N4O. The van der Waals surface area contributed by atoms with Gasteiger partial charge in [-0.15, -0.1) is 0 Å². The average molecular weight is 673 g/mol. The quantitative estimate of drug-likeness (QED) is 0.106. The Bertz CT molecular complexity index is 1510. The van der Waals surface area contributed by atoms with Crippen molar-refractivity contribution in [2.45, 2.75) is 61.0 Å². The number of hydrogen-bond donors (Lipinski definition) is 1. The minimum absolute atomic E-state index is 0.836. The van der Waals surface area contributed by atoms with Crippen LogP contribution in [-0.4, -0.2) is 57.5 Å². The fourth-order valence-corrected chi connectivity index (χ4v) is 6.91. The maximum absolute atomic E-state index is 12.6. The van der Waals surface area contributed by atoms with Gasteiger partial charge in [-0.1, -0.05) is 60.7 Å². The minimum Gasteiger partial charge on any atom is -0.377 e. The van der Waals surface area contributed by atoms with E-state index in [1.165, 1.54) is 11.4 Å². The molecular weight excluding hydrogens is 613 g/mol. The van der Waals surface area contributed by atoms with E-state index in [9.17, 15) is 5.11 Å². The molecule has 266 valence electrons. The Hall–Kier alpha value is -4.48. The number of hydrogen-bond acceptors (Lipinski definition) is 5. The van der Waals surface area contributed by atoms with Crippen molar-refractivity contribution in [3.05, 3.63) is 138 Å². The summed E-state index contributed by atoms with van der Waals surface area (Å²) < 4.78 is 0. The van der Waals surface area contributed by atoms with Gasteiger partial charge in [-0.05, 0) is 138 Å². The molecule has 0 atom stereocenters. The molecule has 1 N–H and O–H groups in total. The lowest BCUT2D eigenvalue weighted by atomic mass is 9.85. The third-order valence-corrected chi connectivity index (χ3v) is 10.1. The molecule has 0 heterocycles. The second kappa shape index (κ2) is 18.5. The summed E-state index contributed by atoms with van der Waals surface area (Å²) in [6.45, 7) is 25.1. The van der Waals surface area contributed by atoms with E-state index in [4.69, 9.17) is 0 Å². The lowest BCUT2D eigenvalue weighted by Crippen LogP contribution is -2.26. The van der Waals surface area contributed by atoms with Gasteiger partial charge in [0, 0.05) is 75.1 Å². The molecule has 50 heavy (non-hydrogen) atoms. The third kappa shape index (κ3) is 8.81. The number of aliphatic hydroxyl groups is 1. The van der Waals surface area contributed by atoms with Crippen LogP contribution >= 0.6 is 0 Å². The van der Waals surface area contributed by atoms with Gasteiger partial charge < -0.3 is 24.7 Å². The Morgan fingerprint density at radius 3 is 0.960 bits per heavy atom. The van der Waals surface area contributed by atoms with Gasteiger partial charge in [-0.3, -0.25) is 0 Å². The van der Waals surface area contributed by atoms with Gasteiger partial charge in [-0.25, -0.2) is 0 Å². The van der Waals surface area contributed by atoms with Crippen LogP contribution in [-0.2, 0) is 5.60 Å². The number of rotatable bonds is 18. The molecule has 0 aliphatic heterocycles. The van der Waals surface area contributed by atoms with Crippen molar-refractivity contribution >= 4 is 28.3 Å². The topological polar surface area (TPSA) is 33.2 Å². The molecule has 0 spiro atoms. The summed E-state index contributed by atoms with van der Waals surface area (Å²) >= 11 is 0. The van der Waals surface area contributed by atoms with Crippen molar-refractivity contribution in [1.29, 1.82) is 0 Å². The largest absolute Gasteiger partial charge is 0.377 e. The molecule has 4 rings (SSSR count). The molecule has 5 nitrogen and oxygen atoms in total. The van der Waals surface area contributed by atoms with Crippen LogP contribution in [0.3, 0.4) is 0 Å². The van der Waals surface area contributed by atoms with E-state index >= 15 is 0 Å². The van der Waals surface area contributed by atoms with E-state index in [0.29, 0.717) is 0 Å². The van der Waals surface area contributed by atoms with Crippen LogP contribution in [0.5, 0.6) is 0 Å². The van der Waals surface area contributed by atoms with Crippen molar-refractivity contribution in [2.24, 2.45) is 0 Å². The predicted molar refractivity (Wildman–Crippen MR) is 219 cm³/mol. The lowest BCUT2D eigenvalue weighted by molar-refractivity contribution is 0.134. The Morgan fingerprint density at radius 1 is 0.440 bits per heavy atom. The van der Waals surface area contributed by atoms with Crippen LogP contribution in [0, 0.1) is 0 Å². The highest BCUT2D eigenvalue weighted by atomic mass is 16.3. The minimum atomic E-state index is -1.33. The SMILES string of the molecule is CCN(CC)c1ccc(C(=CC=CC(O)(c2ccc(N(CC)CC)cc2)c2ccc(N(CC)CC)cc2)c2ccc(N(CC)CC)cc2)cc1. The van der Waals surface area contributed by atoms with E-state index in [1.54, 1.807) is 0 Å². The zero-order valence-electron chi connectivity index (χ0n) is 31.9. The van der Waals surface area contributed by atoms with Gasteiger partial charge in [0.2, 0.25) is 0 Å². The highest BCUT2D eigenvalue weighted by Gasteiger charge is 2.29. The highest BCUT2D eigenvalue weighted by Crippen LogP contribution is 2.35. The van der Waals surface area contributed by atoms with E-state index < -0.39 is 5.60 Å². The molecule has 0 fully saturated rings. The van der Waals surface area contributed by atoms with E-state index in [-0.39, 0.29) is 0 Å². The van der Waals surface area contributed by atoms with E-state index in [1.807, 2.05) is 12.2 Å². The van der Waals surface area contributed by atoms with Crippen LogP contribution in [0.4, 0.5) is 22.7 Å². The maximum Gasteiger partial charge on any atom is 0.133 e. The fraction of sp³-hybridized carbons (Fsp3) is 0.378. The van der Waals surface area contributed by atoms with Crippen LogP contribution in [0.1, 0.15) is 77.6 Å². The first kappa shape index (κ1) is 38.3. The normalized spacial score (nSPS) is 11.5. The van der Waals surface area contributed by atoms with Crippen LogP contribution in [0.2, 0.25) is 0 Å². The molecule has 0 aromatic heterocycles. The van der Waals surface area contributed by atoms with Crippen LogP contribution in [0.25, 0.3) is 5.57 Å². The van der Waals surface area contributed by atoms with Crippen molar-refractivity contribution in [1.82, 2.24) is 0 Å². The number of anilines is 4. The van der Waals surface area contributed by atoms with Crippen LogP contribution < -0.4 is 19.6 Å². The first-order chi connectivity index (χ1) is 24.3. The molecule has 0 saturated carbocycles. The molecule has 0 unspecified atom stereocenters. The number of benzene rings is 4. The Balaban J connectivity index is 1.83. The molecule has 0 saturated heterocycles.